The Bertz CT molecular complexity index is 948. The maximum atomic E-state index is 13.1. The van der Waals surface area contributed by atoms with E-state index >= 15 is 0 Å². The van der Waals surface area contributed by atoms with Crippen LogP contribution in [0.2, 0.25) is 0 Å². The lowest BCUT2D eigenvalue weighted by atomic mass is 9.92. The quantitative estimate of drug-likeness (QED) is 0.410. The number of aliphatic carboxylic acids is 1. The molecule has 1 aliphatic heterocycles. The van der Waals surface area contributed by atoms with Gasteiger partial charge in [0.05, 0.1) is 19.8 Å². The molecule has 1 fully saturated rings. The van der Waals surface area contributed by atoms with Crippen LogP contribution in [0.4, 0.5) is 0 Å². The molecule has 1 saturated heterocycles. The second-order valence-electron chi connectivity index (χ2n) is 8.46. The Morgan fingerprint density at radius 2 is 1.79 bits per heavy atom. The van der Waals surface area contributed by atoms with Crippen molar-refractivity contribution in [1.29, 1.82) is 0 Å². The standard InChI is InChI=1S/C26H34N2O6/c1-27-15-5-13-26(14-6-16-34-26)25(31)28-20(24(29)30)17-18-9-11-19(12-10-18)23-21(32-2)7-4-8-22(23)33-3/h4,7-12,20,27H,5-6,13-17H2,1-3H3,(H,28,31)(H,29,30)/t20-,26?/m0/s1. The summed E-state index contributed by atoms with van der Waals surface area (Å²) < 4.78 is 16.8. The molecule has 1 heterocycles. The Kier molecular flexibility index (Phi) is 8.90. The van der Waals surface area contributed by atoms with Crippen molar-refractivity contribution in [2.45, 2.75) is 43.7 Å². The number of ether oxygens (including phenoxy) is 3. The highest BCUT2D eigenvalue weighted by Gasteiger charge is 2.43. The summed E-state index contributed by atoms with van der Waals surface area (Å²) in [6.45, 7) is 1.28. The summed E-state index contributed by atoms with van der Waals surface area (Å²) in [5, 5.41) is 15.6. The molecule has 8 heteroatoms. The first kappa shape index (κ1) is 25.5. The van der Waals surface area contributed by atoms with Gasteiger partial charge in [-0.05, 0) is 62.5 Å². The molecule has 0 aliphatic carbocycles. The second-order valence-corrected chi connectivity index (χ2v) is 8.46. The maximum Gasteiger partial charge on any atom is 0.326 e. The zero-order valence-electron chi connectivity index (χ0n) is 20.1. The van der Waals surface area contributed by atoms with Crippen LogP contribution in [0.1, 0.15) is 31.2 Å². The Morgan fingerprint density at radius 3 is 2.32 bits per heavy atom. The summed E-state index contributed by atoms with van der Waals surface area (Å²) in [5.41, 5.74) is 1.55. The summed E-state index contributed by atoms with van der Waals surface area (Å²) in [7, 11) is 5.07. The van der Waals surface area contributed by atoms with Crippen molar-refractivity contribution < 1.29 is 28.9 Å². The minimum Gasteiger partial charge on any atom is -0.496 e. The van der Waals surface area contributed by atoms with Crippen LogP contribution in [0.5, 0.6) is 11.5 Å². The van der Waals surface area contributed by atoms with E-state index in [1.54, 1.807) is 14.2 Å². The molecule has 3 N–H and O–H groups in total. The minimum atomic E-state index is -1.08. The second kappa shape index (κ2) is 11.9. The highest BCUT2D eigenvalue weighted by atomic mass is 16.5. The van der Waals surface area contributed by atoms with Gasteiger partial charge in [0.15, 0.2) is 0 Å². The first-order valence-corrected chi connectivity index (χ1v) is 11.6. The third-order valence-electron chi connectivity index (χ3n) is 6.24. The van der Waals surface area contributed by atoms with Crippen molar-refractivity contribution in [2.75, 3.05) is 34.4 Å². The fourth-order valence-electron chi connectivity index (χ4n) is 4.41. The summed E-state index contributed by atoms with van der Waals surface area (Å²) in [4.78, 5) is 25.1. The molecule has 3 rings (SSSR count). The van der Waals surface area contributed by atoms with E-state index in [4.69, 9.17) is 14.2 Å². The van der Waals surface area contributed by atoms with Crippen LogP contribution in [-0.2, 0) is 20.7 Å². The number of methoxy groups -OCH3 is 2. The van der Waals surface area contributed by atoms with Crippen molar-refractivity contribution >= 4 is 11.9 Å². The predicted molar refractivity (Wildman–Crippen MR) is 129 cm³/mol. The fourth-order valence-corrected chi connectivity index (χ4v) is 4.41. The zero-order valence-corrected chi connectivity index (χ0v) is 20.1. The average molecular weight is 471 g/mol. The molecule has 2 aromatic carbocycles. The van der Waals surface area contributed by atoms with Gasteiger partial charge in [0.2, 0.25) is 0 Å². The summed E-state index contributed by atoms with van der Waals surface area (Å²) in [5.74, 6) is -0.0538. The molecule has 1 aliphatic rings. The van der Waals surface area contributed by atoms with E-state index in [1.807, 2.05) is 49.5 Å². The number of carbonyl (C=O) groups excluding carboxylic acids is 1. The van der Waals surface area contributed by atoms with Crippen LogP contribution in [0, 0.1) is 0 Å². The minimum absolute atomic E-state index is 0.164. The van der Waals surface area contributed by atoms with Crippen molar-refractivity contribution in [3.8, 4) is 22.6 Å². The number of carboxylic acid groups (broad SMARTS) is 1. The molecule has 0 bridgehead atoms. The van der Waals surface area contributed by atoms with E-state index in [0.717, 1.165) is 36.1 Å². The Hall–Kier alpha value is -3.10. The van der Waals surface area contributed by atoms with Crippen molar-refractivity contribution in [3.63, 3.8) is 0 Å². The molecular weight excluding hydrogens is 436 g/mol. The van der Waals surface area contributed by atoms with Crippen molar-refractivity contribution in [3.05, 3.63) is 48.0 Å². The molecule has 2 atom stereocenters. The van der Waals surface area contributed by atoms with Gasteiger partial charge in [-0.25, -0.2) is 4.79 Å². The van der Waals surface area contributed by atoms with Gasteiger partial charge in [-0.2, -0.15) is 0 Å². The van der Waals surface area contributed by atoms with Crippen LogP contribution in [0.25, 0.3) is 11.1 Å². The normalized spacial score (nSPS) is 18.3. The van der Waals surface area contributed by atoms with Crippen LogP contribution in [0.15, 0.2) is 42.5 Å². The van der Waals surface area contributed by atoms with Crippen LogP contribution in [0.3, 0.4) is 0 Å². The monoisotopic (exact) mass is 470 g/mol. The van der Waals surface area contributed by atoms with E-state index in [1.165, 1.54) is 0 Å². The molecule has 184 valence electrons. The molecule has 34 heavy (non-hydrogen) atoms. The van der Waals surface area contributed by atoms with E-state index in [0.29, 0.717) is 30.9 Å². The van der Waals surface area contributed by atoms with Gasteiger partial charge in [0.1, 0.15) is 23.1 Å². The largest absolute Gasteiger partial charge is 0.496 e. The number of hydrogen-bond acceptors (Lipinski definition) is 6. The number of rotatable bonds is 12. The van der Waals surface area contributed by atoms with Crippen molar-refractivity contribution in [1.82, 2.24) is 10.6 Å². The van der Waals surface area contributed by atoms with Gasteiger partial charge >= 0.3 is 5.97 Å². The SMILES string of the molecule is CNCCCC1(C(=O)N[C@@H](Cc2ccc(-c3c(OC)cccc3OC)cc2)C(=O)O)CCCO1. The molecule has 0 saturated carbocycles. The van der Waals surface area contributed by atoms with Gasteiger partial charge in [-0.1, -0.05) is 30.3 Å². The fraction of sp³-hybridized carbons (Fsp3) is 0.462. The number of nitrogens with one attached hydrogen (secondary N) is 2. The number of amides is 1. The van der Waals surface area contributed by atoms with Gasteiger partial charge in [0, 0.05) is 13.0 Å². The number of hydrogen-bond donors (Lipinski definition) is 3. The summed E-state index contributed by atoms with van der Waals surface area (Å²) >= 11 is 0. The first-order valence-electron chi connectivity index (χ1n) is 11.6. The van der Waals surface area contributed by atoms with E-state index < -0.39 is 17.6 Å². The lowest BCUT2D eigenvalue weighted by Crippen LogP contribution is -2.53. The Balaban J connectivity index is 1.74. The van der Waals surface area contributed by atoms with Crippen LogP contribution < -0.4 is 20.1 Å². The van der Waals surface area contributed by atoms with Crippen LogP contribution >= 0.6 is 0 Å². The molecule has 0 spiro atoms. The molecule has 0 radical (unpaired) electrons. The molecule has 1 unspecified atom stereocenters. The number of carbonyl (C=O) groups is 2. The van der Waals surface area contributed by atoms with Gasteiger partial charge < -0.3 is 30.0 Å². The third-order valence-corrected chi connectivity index (χ3v) is 6.24. The third kappa shape index (κ3) is 5.87. The molecule has 0 aromatic heterocycles. The first-order chi connectivity index (χ1) is 16.4. The van der Waals surface area contributed by atoms with Gasteiger partial charge in [-0.3, -0.25) is 4.79 Å². The smallest absolute Gasteiger partial charge is 0.326 e. The molecular formula is C26H34N2O6. The molecule has 1 amide bonds. The number of carboxylic acids is 1. The lowest BCUT2D eigenvalue weighted by molar-refractivity contribution is -0.149. The van der Waals surface area contributed by atoms with Crippen molar-refractivity contribution in [2.24, 2.45) is 0 Å². The van der Waals surface area contributed by atoms with E-state index in [2.05, 4.69) is 10.6 Å². The molecule has 2 aromatic rings. The van der Waals surface area contributed by atoms with Crippen LogP contribution in [-0.4, -0.2) is 63.0 Å². The zero-order chi connectivity index (χ0) is 24.6. The van der Waals surface area contributed by atoms with Gasteiger partial charge in [-0.15, -0.1) is 0 Å². The Morgan fingerprint density at radius 1 is 1.12 bits per heavy atom. The highest BCUT2D eigenvalue weighted by molar-refractivity contribution is 5.89. The number of benzene rings is 2. The summed E-state index contributed by atoms with van der Waals surface area (Å²) in [6, 6.07) is 12.0. The highest BCUT2D eigenvalue weighted by Crippen LogP contribution is 2.38. The Labute approximate surface area is 200 Å². The van der Waals surface area contributed by atoms with Gasteiger partial charge in [0.25, 0.3) is 5.91 Å². The predicted octanol–water partition coefficient (Wildman–Crippen LogP) is 3.03. The topological polar surface area (TPSA) is 106 Å². The maximum absolute atomic E-state index is 13.1. The molecule has 8 nitrogen and oxygen atoms in total. The van der Waals surface area contributed by atoms with E-state index in [-0.39, 0.29) is 12.3 Å². The summed E-state index contributed by atoms with van der Waals surface area (Å²) in [6.07, 6.45) is 2.89. The average Bonchev–Trinajstić information content (AvgIpc) is 3.33. The lowest BCUT2D eigenvalue weighted by Gasteiger charge is -2.29. The van der Waals surface area contributed by atoms with E-state index in [9.17, 15) is 14.7 Å².